The lowest BCUT2D eigenvalue weighted by Gasteiger charge is -2.18. The molecule has 0 aliphatic heterocycles. The van der Waals surface area contributed by atoms with Crippen LogP contribution in [-0.4, -0.2) is 46.0 Å². The highest BCUT2D eigenvalue weighted by Gasteiger charge is 2.07. The normalized spacial score (nSPS) is 11.9. The van der Waals surface area contributed by atoms with Gasteiger partial charge in [0.2, 0.25) is 0 Å². The van der Waals surface area contributed by atoms with Gasteiger partial charge in [-0.1, -0.05) is 18.2 Å². The number of amides is 1. The van der Waals surface area contributed by atoms with E-state index in [1.165, 1.54) is 7.11 Å². The molecule has 1 amide bonds. The lowest BCUT2D eigenvalue weighted by atomic mass is 10.2. The van der Waals surface area contributed by atoms with E-state index in [0.717, 1.165) is 17.1 Å². The summed E-state index contributed by atoms with van der Waals surface area (Å²) in [4.78, 5) is 15.4. The van der Waals surface area contributed by atoms with Crippen molar-refractivity contribution in [2.45, 2.75) is 19.6 Å². The first-order valence-corrected chi connectivity index (χ1v) is 9.23. The van der Waals surface area contributed by atoms with Gasteiger partial charge in [0.1, 0.15) is 17.6 Å². The molecule has 2 aromatic carbocycles. The molecule has 0 aliphatic rings. The molecule has 8 heteroatoms. The van der Waals surface area contributed by atoms with Crippen molar-refractivity contribution in [1.29, 1.82) is 0 Å². The fourth-order valence-corrected chi connectivity index (χ4v) is 2.47. The molecule has 29 heavy (non-hydrogen) atoms. The molecule has 0 aliphatic carbocycles. The fourth-order valence-electron chi connectivity index (χ4n) is 2.47. The van der Waals surface area contributed by atoms with E-state index in [0.29, 0.717) is 24.7 Å². The van der Waals surface area contributed by atoms with Crippen molar-refractivity contribution in [1.82, 2.24) is 10.6 Å². The molecular formula is C21H28N4O4. The van der Waals surface area contributed by atoms with Crippen LogP contribution in [0.4, 0.5) is 10.5 Å². The number of anilines is 1. The second-order valence-corrected chi connectivity index (χ2v) is 6.23. The summed E-state index contributed by atoms with van der Waals surface area (Å²) >= 11 is 0. The predicted molar refractivity (Wildman–Crippen MR) is 114 cm³/mol. The molecule has 0 radical (unpaired) electrons. The first kappa shape index (κ1) is 21.9. The Morgan fingerprint density at radius 3 is 2.45 bits per heavy atom. The van der Waals surface area contributed by atoms with Gasteiger partial charge < -0.3 is 24.8 Å². The quantitative estimate of drug-likeness (QED) is 0.466. The number of aliphatic imine (C=N–C) groups is 1. The monoisotopic (exact) mass is 400 g/mol. The zero-order chi connectivity index (χ0) is 21.1. The van der Waals surface area contributed by atoms with Gasteiger partial charge in [-0.05, 0) is 36.8 Å². The van der Waals surface area contributed by atoms with Crippen LogP contribution in [0.1, 0.15) is 12.5 Å². The number of hydrogen-bond acceptors (Lipinski definition) is 5. The molecule has 1 unspecified atom stereocenters. The van der Waals surface area contributed by atoms with Crippen LogP contribution in [-0.2, 0) is 11.3 Å². The third-order valence-corrected chi connectivity index (χ3v) is 4.00. The van der Waals surface area contributed by atoms with Gasteiger partial charge in [0, 0.05) is 25.3 Å². The fraction of sp³-hybridized carbons (Fsp3) is 0.333. The first-order valence-electron chi connectivity index (χ1n) is 9.23. The molecule has 0 spiro atoms. The number of nitrogens with one attached hydrogen (secondary N) is 3. The minimum atomic E-state index is -0.495. The Labute approximate surface area is 171 Å². The van der Waals surface area contributed by atoms with E-state index >= 15 is 0 Å². The molecule has 2 aromatic rings. The van der Waals surface area contributed by atoms with Crippen LogP contribution in [0.2, 0.25) is 0 Å². The van der Waals surface area contributed by atoms with E-state index in [1.54, 1.807) is 14.2 Å². The molecule has 3 N–H and O–H groups in total. The summed E-state index contributed by atoms with van der Waals surface area (Å²) in [6, 6.07) is 15.0. The number of benzene rings is 2. The summed E-state index contributed by atoms with van der Waals surface area (Å²) in [5, 5.41) is 9.10. The minimum Gasteiger partial charge on any atom is -0.497 e. The van der Waals surface area contributed by atoms with Gasteiger partial charge in [0.05, 0.1) is 20.8 Å². The second kappa shape index (κ2) is 11.4. The lowest BCUT2D eigenvalue weighted by Crippen LogP contribution is -2.41. The first-order chi connectivity index (χ1) is 14.0. The maximum atomic E-state index is 11.2. The SMILES string of the molecule is CN=C(NCc1ccc(NC(=O)OC)cc1)NCC(C)Oc1cccc(OC)c1. The number of methoxy groups -OCH3 is 2. The smallest absolute Gasteiger partial charge is 0.411 e. The van der Waals surface area contributed by atoms with Gasteiger partial charge in [0.25, 0.3) is 0 Å². The van der Waals surface area contributed by atoms with Gasteiger partial charge in [0.15, 0.2) is 5.96 Å². The molecule has 2 rings (SSSR count). The van der Waals surface area contributed by atoms with Crippen LogP contribution in [0.25, 0.3) is 0 Å². The van der Waals surface area contributed by atoms with Crippen molar-refractivity contribution in [2.75, 3.05) is 33.1 Å². The highest BCUT2D eigenvalue weighted by Crippen LogP contribution is 2.19. The standard InChI is InChI=1S/C21H28N4O4/c1-15(29-19-7-5-6-18(12-19)27-3)13-23-20(22-2)24-14-16-8-10-17(11-9-16)25-21(26)28-4/h5-12,15H,13-14H2,1-4H3,(H,25,26)(H2,22,23,24). The Kier molecular flexibility index (Phi) is 8.62. The van der Waals surface area contributed by atoms with Crippen molar-refractivity contribution in [3.8, 4) is 11.5 Å². The molecule has 0 bridgehead atoms. The van der Waals surface area contributed by atoms with E-state index in [-0.39, 0.29) is 6.10 Å². The molecular weight excluding hydrogens is 372 g/mol. The van der Waals surface area contributed by atoms with Gasteiger partial charge >= 0.3 is 6.09 Å². The van der Waals surface area contributed by atoms with Gasteiger partial charge in [-0.3, -0.25) is 10.3 Å². The number of carbonyl (C=O) groups is 1. The molecule has 0 heterocycles. The van der Waals surface area contributed by atoms with Crippen LogP contribution in [0.3, 0.4) is 0 Å². The minimum absolute atomic E-state index is 0.0654. The maximum Gasteiger partial charge on any atom is 0.411 e. The van der Waals surface area contributed by atoms with Gasteiger partial charge in [-0.15, -0.1) is 0 Å². The Morgan fingerprint density at radius 2 is 1.79 bits per heavy atom. The van der Waals surface area contributed by atoms with Crippen molar-refractivity contribution >= 4 is 17.7 Å². The molecule has 0 saturated carbocycles. The number of hydrogen-bond donors (Lipinski definition) is 3. The second-order valence-electron chi connectivity index (χ2n) is 6.23. The summed E-state index contributed by atoms with van der Waals surface area (Å²) in [6.07, 6.45) is -0.560. The zero-order valence-electron chi connectivity index (χ0n) is 17.2. The third kappa shape index (κ3) is 7.61. The zero-order valence-corrected chi connectivity index (χ0v) is 17.2. The number of guanidine groups is 1. The molecule has 0 fully saturated rings. The number of nitrogens with zero attached hydrogens (tertiary/aromatic N) is 1. The van der Waals surface area contributed by atoms with Gasteiger partial charge in [-0.2, -0.15) is 0 Å². The summed E-state index contributed by atoms with van der Waals surface area (Å²) in [6.45, 7) is 3.15. The molecule has 1 atom stereocenters. The van der Waals surface area contributed by atoms with Crippen molar-refractivity contribution in [3.63, 3.8) is 0 Å². The Hall–Kier alpha value is -3.42. The average molecular weight is 400 g/mol. The summed E-state index contributed by atoms with van der Waals surface area (Å²) < 4.78 is 15.7. The highest BCUT2D eigenvalue weighted by atomic mass is 16.5. The Balaban J connectivity index is 1.77. The van der Waals surface area contributed by atoms with E-state index in [1.807, 2.05) is 55.5 Å². The summed E-state index contributed by atoms with van der Waals surface area (Å²) in [5.74, 6) is 2.18. The average Bonchev–Trinajstić information content (AvgIpc) is 2.75. The van der Waals surface area contributed by atoms with Crippen LogP contribution >= 0.6 is 0 Å². The van der Waals surface area contributed by atoms with Crippen LogP contribution in [0.5, 0.6) is 11.5 Å². The van der Waals surface area contributed by atoms with Crippen LogP contribution < -0.4 is 25.4 Å². The summed E-state index contributed by atoms with van der Waals surface area (Å²) in [7, 11) is 4.67. The van der Waals surface area contributed by atoms with E-state index in [9.17, 15) is 4.79 Å². The van der Waals surface area contributed by atoms with Crippen molar-refractivity contribution in [2.24, 2.45) is 4.99 Å². The van der Waals surface area contributed by atoms with Crippen LogP contribution in [0, 0.1) is 0 Å². The largest absolute Gasteiger partial charge is 0.497 e. The van der Waals surface area contributed by atoms with Crippen molar-refractivity contribution < 1.29 is 19.0 Å². The van der Waals surface area contributed by atoms with E-state index in [2.05, 4.69) is 25.7 Å². The molecule has 0 saturated heterocycles. The number of ether oxygens (including phenoxy) is 3. The number of rotatable bonds is 8. The van der Waals surface area contributed by atoms with E-state index in [4.69, 9.17) is 9.47 Å². The lowest BCUT2D eigenvalue weighted by molar-refractivity contribution is 0.187. The number of carbonyl (C=O) groups excluding carboxylic acids is 1. The maximum absolute atomic E-state index is 11.2. The molecule has 0 aromatic heterocycles. The topological polar surface area (TPSA) is 93.2 Å². The molecule has 8 nitrogen and oxygen atoms in total. The van der Waals surface area contributed by atoms with E-state index < -0.39 is 6.09 Å². The van der Waals surface area contributed by atoms with Crippen molar-refractivity contribution in [3.05, 3.63) is 54.1 Å². The van der Waals surface area contributed by atoms with Crippen LogP contribution in [0.15, 0.2) is 53.5 Å². The Bertz CT molecular complexity index is 809. The highest BCUT2D eigenvalue weighted by molar-refractivity contribution is 5.84. The summed E-state index contributed by atoms with van der Waals surface area (Å²) in [5.41, 5.74) is 1.72. The molecule has 156 valence electrons. The van der Waals surface area contributed by atoms with Gasteiger partial charge in [-0.25, -0.2) is 4.79 Å². The Morgan fingerprint density at radius 1 is 1.07 bits per heavy atom. The third-order valence-electron chi connectivity index (χ3n) is 4.00. The predicted octanol–water partition coefficient (Wildman–Crippen LogP) is 3.01.